The lowest BCUT2D eigenvalue weighted by atomic mass is 9.54. The topological polar surface area (TPSA) is 64.3 Å². The summed E-state index contributed by atoms with van der Waals surface area (Å²) >= 11 is 0. The zero-order chi connectivity index (χ0) is 14.3. The first-order valence-corrected chi connectivity index (χ1v) is 7.54. The van der Waals surface area contributed by atoms with E-state index in [0.717, 1.165) is 0 Å². The second-order valence-corrected chi connectivity index (χ2v) is 6.79. The van der Waals surface area contributed by atoms with Crippen LogP contribution in [0.25, 0.3) is 0 Å². The predicted molar refractivity (Wildman–Crippen MR) is 75.7 cm³/mol. The van der Waals surface area contributed by atoms with Gasteiger partial charge in [0.25, 0.3) is 0 Å². The van der Waals surface area contributed by atoms with Crippen LogP contribution in [0.2, 0.25) is 0 Å². The van der Waals surface area contributed by atoms with E-state index in [1.54, 1.807) is 0 Å². The highest BCUT2D eigenvalue weighted by atomic mass is 16.5. The minimum absolute atomic E-state index is 0.00662. The zero-order valence-electron chi connectivity index (χ0n) is 12.7. The molecule has 0 saturated heterocycles. The van der Waals surface area contributed by atoms with Crippen molar-refractivity contribution in [2.24, 2.45) is 17.1 Å². The molecule has 19 heavy (non-hydrogen) atoms. The molecule has 0 bridgehead atoms. The maximum absolute atomic E-state index is 12.5. The molecule has 3 N–H and O–H groups in total. The summed E-state index contributed by atoms with van der Waals surface area (Å²) in [5, 5.41) is 3.12. The number of carbonyl (C=O) groups excluding carboxylic acids is 1. The molecule has 3 unspecified atom stereocenters. The molecular weight excluding hydrogens is 240 g/mol. The Labute approximate surface area is 116 Å². The van der Waals surface area contributed by atoms with Crippen molar-refractivity contribution in [3.8, 4) is 0 Å². The number of hydrogen-bond donors (Lipinski definition) is 2. The molecule has 0 aromatic heterocycles. The molecule has 0 aromatic rings. The summed E-state index contributed by atoms with van der Waals surface area (Å²) in [4.78, 5) is 12.5. The van der Waals surface area contributed by atoms with E-state index in [2.05, 4.69) is 12.2 Å². The summed E-state index contributed by atoms with van der Waals surface area (Å²) in [6.45, 7) is 8.81. The predicted octanol–water partition coefficient (Wildman–Crippen LogP) is 1.82. The van der Waals surface area contributed by atoms with E-state index in [1.807, 2.05) is 20.8 Å². The van der Waals surface area contributed by atoms with Crippen LogP contribution in [-0.2, 0) is 9.53 Å². The van der Waals surface area contributed by atoms with Gasteiger partial charge < -0.3 is 15.8 Å². The number of nitrogens with two attached hydrogens (primary N) is 1. The van der Waals surface area contributed by atoms with Gasteiger partial charge in [-0.1, -0.05) is 20.3 Å². The molecule has 2 aliphatic rings. The normalized spacial score (nSPS) is 35.1. The molecule has 0 spiro atoms. The second kappa shape index (κ2) is 5.06. The summed E-state index contributed by atoms with van der Waals surface area (Å²) in [5.41, 5.74) is 5.27. The standard InChI is InChI=1S/C15H28N2O2/c1-5-19-12-9-15(16,14(12,3)4)13(18)17-10(2)11-7-6-8-11/h10-12H,5-9,16H2,1-4H3,(H,17,18). The highest BCUT2D eigenvalue weighted by Gasteiger charge is 2.63. The van der Waals surface area contributed by atoms with Crippen LogP contribution in [0.1, 0.15) is 53.4 Å². The highest BCUT2D eigenvalue weighted by molar-refractivity contribution is 5.89. The minimum atomic E-state index is -0.787. The number of carbonyl (C=O) groups is 1. The molecule has 0 heterocycles. The molecule has 2 saturated carbocycles. The van der Waals surface area contributed by atoms with Crippen molar-refractivity contribution in [2.45, 2.75) is 71.1 Å². The average Bonchev–Trinajstić information content (AvgIpc) is 2.25. The molecular formula is C15H28N2O2. The van der Waals surface area contributed by atoms with Crippen LogP contribution in [0.5, 0.6) is 0 Å². The van der Waals surface area contributed by atoms with Crippen LogP contribution in [-0.4, -0.2) is 30.2 Å². The molecule has 110 valence electrons. The third kappa shape index (κ3) is 2.29. The van der Waals surface area contributed by atoms with Gasteiger partial charge in [0.15, 0.2) is 0 Å². The lowest BCUT2D eigenvalue weighted by Crippen LogP contribution is -2.76. The maximum Gasteiger partial charge on any atom is 0.241 e. The van der Waals surface area contributed by atoms with Gasteiger partial charge in [0.05, 0.1) is 6.10 Å². The maximum atomic E-state index is 12.5. The van der Waals surface area contributed by atoms with Gasteiger partial charge in [-0.15, -0.1) is 0 Å². The molecule has 0 aliphatic heterocycles. The quantitative estimate of drug-likeness (QED) is 0.799. The fourth-order valence-electron chi connectivity index (χ4n) is 3.21. The van der Waals surface area contributed by atoms with Crippen LogP contribution < -0.4 is 11.1 Å². The van der Waals surface area contributed by atoms with E-state index in [0.29, 0.717) is 18.9 Å². The van der Waals surface area contributed by atoms with Crippen molar-refractivity contribution in [1.82, 2.24) is 5.32 Å². The Morgan fingerprint density at radius 2 is 2.11 bits per heavy atom. The molecule has 2 aliphatic carbocycles. The number of hydrogen-bond acceptors (Lipinski definition) is 3. The fourth-order valence-corrected chi connectivity index (χ4v) is 3.21. The molecule has 0 aromatic carbocycles. The van der Waals surface area contributed by atoms with Gasteiger partial charge in [0, 0.05) is 24.5 Å². The Morgan fingerprint density at radius 3 is 2.53 bits per heavy atom. The van der Waals surface area contributed by atoms with Gasteiger partial charge >= 0.3 is 0 Å². The van der Waals surface area contributed by atoms with Crippen molar-refractivity contribution in [2.75, 3.05) is 6.61 Å². The number of amides is 1. The molecule has 2 rings (SSSR count). The Balaban J connectivity index is 1.95. The van der Waals surface area contributed by atoms with Crippen molar-refractivity contribution >= 4 is 5.91 Å². The van der Waals surface area contributed by atoms with E-state index in [4.69, 9.17) is 10.5 Å². The van der Waals surface area contributed by atoms with Gasteiger partial charge in [-0.05, 0) is 32.6 Å². The van der Waals surface area contributed by atoms with Crippen molar-refractivity contribution in [3.05, 3.63) is 0 Å². The molecule has 0 radical (unpaired) electrons. The third-order valence-electron chi connectivity index (χ3n) is 5.45. The zero-order valence-corrected chi connectivity index (χ0v) is 12.7. The summed E-state index contributed by atoms with van der Waals surface area (Å²) in [6.07, 6.45) is 4.45. The fraction of sp³-hybridized carbons (Fsp3) is 0.933. The van der Waals surface area contributed by atoms with E-state index in [-0.39, 0.29) is 23.5 Å². The first-order valence-electron chi connectivity index (χ1n) is 7.54. The molecule has 4 heteroatoms. The van der Waals surface area contributed by atoms with Crippen molar-refractivity contribution in [1.29, 1.82) is 0 Å². The Bertz CT molecular complexity index is 352. The van der Waals surface area contributed by atoms with Gasteiger partial charge in [0.2, 0.25) is 5.91 Å². The third-order valence-corrected chi connectivity index (χ3v) is 5.45. The largest absolute Gasteiger partial charge is 0.378 e. The molecule has 2 fully saturated rings. The Hall–Kier alpha value is -0.610. The monoisotopic (exact) mass is 268 g/mol. The van der Waals surface area contributed by atoms with Crippen LogP contribution in [0.15, 0.2) is 0 Å². The van der Waals surface area contributed by atoms with Crippen LogP contribution in [0.4, 0.5) is 0 Å². The van der Waals surface area contributed by atoms with E-state index >= 15 is 0 Å². The van der Waals surface area contributed by atoms with E-state index in [9.17, 15) is 4.79 Å². The van der Waals surface area contributed by atoms with E-state index < -0.39 is 5.54 Å². The first-order chi connectivity index (χ1) is 8.83. The summed E-state index contributed by atoms with van der Waals surface area (Å²) in [5.74, 6) is 0.631. The van der Waals surface area contributed by atoms with Gasteiger partial charge in [-0.2, -0.15) is 0 Å². The summed E-state index contributed by atoms with van der Waals surface area (Å²) in [6, 6.07) is 0.239. The number of nitrogens with one attached hydrogen (secondary N) is 1. The minimum Gasteiger partial charge on any atom is -0.378 e. The Morgan fingerprint density at radius 1 is 1.47 bits per heavy atom. The van der Waals surface area contributed by atoms with Crippen LogP contribution in [0, 0.1) is 11.3 Å². The van der Waals surface area contributed by atoms with Gasteiger partial charge in [-0.3, -0.25) is 4.79 Å². The lowest BCUT2D eigenvalue weighted by Gasteiger charge is -2.58. The molecule has 3 atom stereocenters. The molecule has 1 amide bonds. The van der Waals surface area contributed by atoms with Crippen LogP contribution >= 0.6 is 0 Å². The number of rotatable bonds is 5. The first kappa shape index (κ1) is 14.8. The van der Waals surface area contributed by atoms with Crippen molar-refractivity contribution in [3.63, 3.8) is 0 Å². The SMILES string of the molecule is CCOC1CC(N)(C(=O)NC(C)C2CCC2)C1(C)C. The van der Waals surface area contributed by atoms with Crippen LogP contribution in [0.3, 0.4) is 0 Å². The summed E-state index contributed by atoms with van der Waals surface area (Å²) < 4.78 is 5.66. The summed E-state index contributed by atoms with van der Waals surface area (Å²) in [7, 11) is 0. The Kier molecular flexibility index (Phi) is 3.94. The van der Waals surface area contributed by atoms with Gasteiger partial charge in [-0.25, -0.2) is 0 Å². The number of ether oxygens (including phenoxy) is 1. The van der Waals surface area contributed by atoms with E-state index in [1.165, 1.54) is 19.3 Å². The smallest absolute Gasteiger partial charge is 0.241 e. The highest BCUT2D eigenvalue weighted by Crippen LogP contribution is 2.50. The second-order valence-electron chi connectivity index (χ2n) is 6.79. The van der Waals surface area contributed by atoms with Crippen molar-refractivity contribution < 1.29 is 9.53 Å². The average molecular weight is 268 g/mol. The van der Waals surface area contributed by atoms with Gasteiger partial charge in [0.1, 0.15) is 5.54 Å². The molecule has 4 nitrogen and oxygen atoms in total. The lowest BCUT2D eigenvalue weighted by molar-refractivity contribution is -0.171.